The van der Waals surface area contributed by atoms with Crippen molar-refractivity contribution in [3.05, 3.63) is 29.3 Å². The first kappa shape index (κ1) is 21.1. The molecule has 126 valence electrons. The highest BCUT2D eigenvalue weighted by atomic mass is 35.5. The normalized spacial score (nSPS) is 11.1. The summed E-state index contributed by atoms with van der Waals surface area (Å²) in [7, 11) is -2.33. The fourth-order valence-electron chi connectivity index (χ4n) is 1.63. The average Bonchev–Trinajstić information content (AvgIpc) is 2.44. The summed E-state index contributed by atoms with van der Waals surface area (Å²) in [5.74, 6) is -0.341. The van der Waals surface area contributed by atoms with Gasteiger partial charge in [-0.05, 0) is 43.7 Å². The van der Waals surface area contributed by atoms with Crippen molar-refractivity contribution in [2.75, 3.05) is 26.7 Å². The van der Waals surface area contributed by atoms with Gasteiger partial charge in [0.1, 0.15) is 0 Å². The molecule has 0 saturated heterocycles. The summed E-state index contributed by atoms with van der Waals surface area (Å²) in [5, 5.41) is 3.11. The van der Waals surface area contributed by atoms with E-state index in [2.05, 4.69) is 5.32 Å². The lowest BCUT2D eigenvalue weighted by molar-refractivity contribution is -0.121. The molecule has 0 unspecified atom stereocenters. The monoisotopic (exact) mass is 369 g/mol. The van der Waals surface area contributed by atoms with Gasteiger partial charge in [0.05, 0.1) is 11.4 Å². The minimum atomic E-state index is -3.69. The highest BCUT2D eigenvalue weighted by Crippen LogP contribution is 2.17. The Bertz CT molecular complexity index is 564. The summed E-state index contributed by atoms with van der Waals surface area (Å²) >= 11 is 5.73. The molecule has 1 rings (SSSR count). The van der Waals surface area contributed by atoms with Gasteiger partial charge >= 0.3 is 0 Å². The van der Waals surface area contributed by atoms with Crippen LogP contribution in [-0.4, -0.2) is 45.3 Å². The van der Waals surface area contributed by atoms with Crippen molar-refractivity contribution in [3.8, 4) is 0 Å². The molecule has 1 amide bonds. The van der Waals surface area contributed by atoms with Crippen LogP contribution in [0.3, 0.4) is 0 Å². The lowest BCUT2D eigenvalue weighted by atomic mass is 10.3. The number of rotatable bonds is 8. The number of unbranched alkanes of at least 4 members (excludes halogenated alkanes) is 1. The summed E-state index contributed by atoms with van der Waals surface area (Å²) in [4.78, 5) is 11.8. The number of halogens is 2. The maximum atomic E-state index is 12.2. The number of benzene rings is 1. The smallest absolute Gasteiger partial charge is 0.243 e. The molecule has 0 radical (unpaired) electrons. The van der Waals surface area contributed by atoms with E-state index in [1.807, 2.05) is 0 Å². The van der Waals surface area contributed by atoms with Gasteiger partial charge in [0.25, 0.3) is 0 Å². The predicted molar refractivity (Wildman–Crippen MR) is 89.8 cm³/mol. The average molecular weight is 370 g/mol. The fourth-order valence-corrected chi connectivity index (χ4v) is 2.88. The molecule has 0 heterocycles. The van der Waals surface area contributed by atoms with Crippen molar-refractivity contribution in [1.82, 2.24) is 9.62 Å². The Labute approximate surface area is 142 Å². The van der Waals surface area contributed by atoms with Gasteiger partial charge in [-0.15, -0.1) is 12.4 Å². The summed E-state index contributed by atoms with van der Waals surface area (Å²) in [6, 6.07) is 5.81. The first-order valence-electron chi connectivity index (χ1n) is 6.56. The summed E-state index contributed by atoms with van der Waals surface area (Å²) in [5.41, 5.74) is 5.35. The number of hydrogen-bond acceptors (Lipinski definition) is 4. The number of carbonyl (C=O) groups excluding carboxylic acids is 1. The molecule has 0 aliphatic rings. The van der Waals surface area contributed by atoms with E-state index in [-0.39, 0.29) is 29.8 Å². The van der Waals surface area contributed by atoms with Crippen LogP contribution in [0.15, 0.2) is 29.2 Å². The molecule has 9 heteroatoms. The summed E-state index contributed by atoms with van der Waals surface area (Å²) in [6.07, 6.45) is 1.59. The van der Waals surface area contributed by atoms with Crippen molar-refractivity contribution >= 4 is 39.9 Å². The summed E-state index contributed by atoms with van der Waals surface area (Å²) < 4.78 is 25.5. The highest BCUT2D eigenvalue weighted by molar-refractivity contribution is 7.89. The standard InChI is InChI=1S/C13H20ClN3O3S.ClH/c1-17(10-13(18)16-9-3-2-8-15)21(19,20)12-6-4-11(14)5-7-12;/h4-7H,2-3,8-10,15H2,1H3,(H,16,18);1H. The molecule has 0 aromatic heterocycles. The molecule has 6 nitrogen and oxygen atoms in total. The van der Waals surface area contributed by atoms with Gasteiger partial charge in [-0.25, -0.2) is 8.42 Å². The van der Waals surface area contributed by atoms with Gasteiger partial charge in [0.2, 0.25) is 15.9 Å². The topological polar surface area (TPSA) is 92.5 Å². The Kier molecular flexibility index (Phi) is 9.63. The van der Waals surface area contributed by atoms with Crippen molar-refractivity contribution in [2.24, 2.45) is 5.73 Å². The van der Waals surface area contributed by atoms with E-state index >= 15 is 0 Å². The van der Waals surface area contributed by atoms with Gasteiger partial charge < -0.3 is 11.1 Å². The quantitative estimate of drug-likeness (QED) is 0.674. The number of nitrogens with zero attached hydrogens (tertiary/aromatic N) is 1. The van der Waals surface area contributed by atoms with Gasteiger partial charge in [-0.3, -0.25) is 4.79 Å². The van der Waals surface area contributed by atoms with E-state index in [4.69, 9.17) is 17.3 Å². The van der Waals surface area contributed by atoms with Crippen LogP contribution >= 0.6 is 24.0 Å². The zero-order valence-electron chi connectivity index (χ0n) is 12.3. The fraction of sp³-hybridized carbons (Fsp3) is 0.462. The van der Waals surface area contributed by atoms with Gasteiger partial charge in [0, 0.05) is 18.6 Å². The zero-order valence-corrected chi connectivity index (χ0v) is 14.7. The lowest BCUT2D eigenvalue weighted by Gasteiger charge is -2.17. The number of carbonyl (C=O) groups is 1. The van der Waals surface area contributed by atoms with Crippen molar-refractivity contribution in [1.29, 1.82) is 0 Å². The van der Waals surface area contributed by atoms with E-state index in [0.717, 1.165) is 17.1 Å². The SMILES string of the molecule is CN(CC(=O)NCCCCN)S(=O)(=O)c1ccc(Cl)cc1.Cl. The Morgan fingerprint density at radius 3 is 2.41 bits per heavy atom. The Balaban J connectivity index is 0.00000441. The van der Waals surface area contributed by atoms with Crippen LogP contribution in [0.4, 0.5) is 0 Å². The molecule has 0 atom stereocenters. The molecule has 3 N–H and O–H groups in total. The molecule has 0 fully saturated rings. The zero-order chi connectivity index (χ0) is 15.9. The second-order valence-electron chi connectivity index (χ2n) is 4.56. The number of nitrogens with two attached hydrogens (primary N) is 1. The van der Waals surface area contributed by atoms with Gasteiger partial charge in [-0.2, -0.15) is 4.31 Å². The minimum absolute atomic E-state index is 0. The second kappa shape index (κ2) is 10.0. The van der Waals surface area contributed by atoms with Gasteiger partial charge in [0.15, 0.2) is 0 Å². The highest BCUT2D eigenvalue weighted by Gasteiger charge is 2.22. The summed E-state index contributed by atoms with van der Waals surface area (Å²) in [6.45, 7) is 0.833. The third-order valence-corrected chi connectivity index (χ3v) is 4.91. The minimum Gasteiger partial charge on any atom is -0.355 e. The number of amides is 1. The molecule has 22 heavy (non-hydrogen) atoms. The molecule has 0 spiro atoms. The molecule has 1 aromatic rings. The number of nitrogens with one attached hydrogen (secondary N) is 1. The molecular formula is C13H21Cl2N3O3S. The maximum absolute atomic E-state index is 12.2. The van der Waals surface area contributed by atoms with Gasteiger partial charge in [-0.1, -0.05) is 11.6 Å². The largest absolute Gasteiger partial charge is 0.355 e. The van der Waals surface area contributed by atoms with Crippen LogP contribution in [0.5, 0.6) is 0 Å². The third kappa shape index (κ3) is 6.50. The maximum Gasteiger partial charge on any atom is 0.243 e. The van der Waals surface area contributed by atoms with Crippen LogP contribution < -0.4 is 11.1 Å². The molecule has 0 aliphatic carbocycles. The van der Waals surface area contributed by atoms with E-state index < -0.39 is 10.0 Å². The number of hydrogen-bond donors (Lipinski definition) is 2. The van der Waals surface area contributed by atoms with E-state index in [9.17, 15) is 13.2 Å². The van der Waals surface area contributed by atoms with Crippen molar-refractivity contribution in [2.45, 2.75) is 17.7 Å². The predicted octanol–water partition coefficient (Wildman–Crippen LogP) is 1.24. The van der Waals surface area contributed by atoms with Crippen molar-refractivity contribution in [3.63, 3.8) is 0 Å². The van der Waals surface area contributed by atoms with Crippen LogP contribution in [-0.2, 0) is 14.8 Å². The molecule has 0 aliphatic heterocycles. The Hall–Kier alpha value is -0.860. The molecule has 0 saturated carbocycles. The van der Waals surface area contributed by atoms with E-state index in [0.29, 0.717) is 18.1 Å². The first-order chi connectivity index (χ1) is 9.87. The van der Waals surface area contributed by atoms with Crippen LogP contribution in [0.25, 0.3) is 0 Å². The number of likely N-dealkylation sites (N-methyl/N-ethyl adjacent to an activating group) is 1. The molecule has 1 aromatic carbocycles. The Morgan fingerprint density at radius 1 is 1.27 bits per heavy atom. The second-order valence-corrected chi connectivity index (χ2v) is 7.04. The number of sulfonamides is 1. The van der Waals surface area contributed by atoms with Crippen molar-refractivity contribution < 1.29 is 13.2 Å². The molecule has 0 bridgehead atoms. The Morgan fingerprint density at radius 2 is 1.86 bits per heavy atom. The molecular weight excluding hydrogens is 349 g/mol. The first-order valence-corrected chi connectivity index (χ1v) is 8.38. The van der Waals surface area contributed by atoms with Crippen LogP contribution in [0.2, 0.25) is 5.02 Å². The van der Waals surface area contributed by atoms with E-state index in [1.165, 1.54) is 31.3 Å². The van der Waals surface area contributed by atoms with E-state index in [1.54, 1.807) is 0 Å². The van der Waals surface area contributed by atoms with Crippen LogP contribution in [0.1, 0.15) is 12.8 Å². The van der Waals surface area contributed by atoms with Crippen LogP contribution in [0, 0.1) is 0 Å². The lowest BCUT2D eigenvalue weighted by Crippen LogP contribution is -2.38. The third-order valence-electron chi connectivity index (χ3n) is 2.84.